The van der Waals surface area contributed by atoms with Crippen molar-refractivity contribution in [3.05, 3.63) is 22.4 Å². The lowest BCUT2D eigenvalue weighted by atomic mass is 10.1. The van der Waals surface area contributed by atoms with Crippen LogP contribution in [0.1, 0.15) is 38.5 Å². The van der Waals surface area contributed by atoms with E-state index in [-0.39, 0.29) is 30.5 Å². The second-order valence-corrected chi connectivity index (χ2v) is 9.65. The number of halogens is 1. The van der Waals surface area contributed by atoms with Crippen LogP contribution < -0.4 is 10.6 Å². The summed E-state index contributed by atoms with van der Waals surface area (Å²) >= 11 is 1.74. The van der Waals surface area contributed by atoms with Crippen molar-refractivity contribution in [1.82, 2.24) is 10.6 Å². The van der Waals surface area contributed by atoms with E-state index in [1.54, 1.807) is 25.2 Å². The summed E-state index contributed by atoms with van der Waals surface area (Å²) in [5.74, 6) is 1.04. The third-order valence-corrected chi connectivity index (χ3v) is 6.81. The highest BCUT2D eigenvalue weighted by Gasteiger charge is 2.29. The molecule has 0 spiro atoms. The predicted molar refractivity (Wildman–Crippen MR) is 111 cm³/mol. The summed E-state index contributed by atoms with van der Waals surface area (Å²) in [5, 5.41) is 8.51. The monoisotopic (exact) mass is 473 g/mol. The van der Waals surface area contributed by atoms with Crippen molar-refractivity contribution < 1.29 is 8.42 Å². The standard InChI is InChI=1S/C15H27N3O2S2.HI/c1-6-16-14(18-11-15(3,4)22(5,19)20)17-10-12(2)13-8-7-9-21-13;/h7-9,12H,6,10-11H2,1-5H3,(H2,16,17,18);1H. The number of hydrogen-bond acceptors (Lipinski definition) is 4. The Balaban J connectivity index is 0.00000484. The first-order valence-electron chi connectivity index (χ1n) is 7.42. The zero-order valence-electron chi connectivity index (χ0n) is 14.4. The molecule has 0 aromatic carbocycles. The van der Waals surface area contributed by atoms with E-state index in [0.717, 1.165) is 13.1 Å². The third-order valence-electron chi connectivity index (χ3n) is 3.57. The highest BCUT2D eigenvalue weighted by Crippen LogP contribution is 2.19. The molecule has 1 rings (SSSR count). The van der Waals surface area contributed by atoms with Crippen LogP contribution in [0.5, 0.6) is 0 Å². The molecule has 1 atom stereocenters. The first kappa shape index (κ1) is 22.6. The van der Waals surface area contributed by atoms with Crippen LogP contribution in [-0.2, 0) is 9.84 Å². The number of nitrogens with zero attached hydrogens (tertiary/aromatic N) is 1. The summed E-state index contributed by atoms with van der Waals surface area (Å²) in [6.07, 6.45) is 1.25. The largest absolute Gasteiger partial charge is 0.357 e. The number of sulfone groups is 1. The molecule has 0 aliphatic heterocycles. The third kappa shape index (κ3) is 7.38. The summed E-state index contributed by atoms with van der Waals surface area (Å²) in [5.41, 5.74) is 0. The fourth-order valence-corrected chi connectivity index (χ4v) is 2.74. The summed E-state index contributed by atoms with van der Waals surface area (Å²) < 4.78 is 22.6. The fourth-order valence-electron chi connectivity index (χ4n) is 1.65. The molecule has 0 fully saturated rings. The summed E-state index contributed by atoms with van der Waals surface area (Å²) in [4.78, 5) is 5.74. The van der Waals surface area contributed by atoms with E-state index in [1.165, 1.54) is 11.1 Å². The van der Waals surface area contributed by atoms with E-state index < -0.39 is 14.6 Å². The van der Waals surface area contributed by atoms with Crippen LogP contribution >= 0.6 is 35.3 Å². The van der Waals surface area contributed by atoms with Crippen molar-refractivity contribution in [2.45, 2.75) is 38.4 Å². The summed E-state index contributed by atoms with van der Waals surface area (Å²) in [6.45, 7) is 9.26. The van der Waals surface area contributed by atoms with E-state index >= 15 is 0 Å². The molecule has 0 aliphatic rings. The van der Waals surface area contributed by atoms with Crippen LogP contribution in [0.25, 0.3) is 0 Å². The van der Waals surface area contributed by atoms with Gasteiger partial charge in [-0.05, 0) is 32.2 Å². The van der Waals surface area contributed by atoms with Gasteiger partial charge in [-0.1, -0.05) is 13.0 Å². The van der Waals surface area contributed by atoms with Gasteiger partial charge >= 0.3 is 0 Å². The van der Waals surface area contributed by atoms with Crippen molar-refractivity contribution in [1.29, 1.82) is 0 Å². The van der Waals surface area contributed by atoms with Gasteiger partial charge in [0.05, 0.1) is 11.3 Å². The van der Waals surface area contributed by atoms with Gasteiger partial charge in [0, 0.05) is 30.1 Å². The van der Waals surface area contributed by atoms with Crippen LogP contribution in [0.15, 0.2) is 22.5 Å². The SMILES string of the molecule is CCNC(=NCC(C)(C)S(C)(=O)=O)NCC(C)c1cccs1.I. The Morgan fingerprint density at radius 1 is 1.39 bits per heavy atom. The summed E-state index contributed by atoms with van der Waals surface area (Å²) in [6, 6.07) is 4.16. The molecule has 134 valence electrons. The first-order valence-corrected chi connectivity index (χ1v) is 10.2. The van der Waals surface area contributed by atoms with Crippen LogP contribution in [0.2, 0.25) is 0 Å². The Labute approximate surface area is 161 Å². The lowest BCUT2D eigenvalue weighted by Gasteiger charge is -2.21. The highest BCUT2D eigenvalue weighted by molar-refractivity contribution is 14.0. The predicted octanol–water partition coefficient (Wildman–Crippen LogP) is 2.85. The zero-order chi connectivity index (χ0) is 16.8. The molecular formula is C15H28IN3O2S2. The molecule has 1 aromatic rings. The molecule has 1 unspecified atom stereocenters. The van der Waals surface area contributed by atoms with E-state index in [2.05, 4.69) is 34.0 Å². The Kier molecular flexibility index (Phi) is 9.68. The highest BCUT2D eigenvalue weighted by atomic mass is 127. The van der Waals surface area contributed by atoms with E-state index in [9.17, 15) is 8.42 Å². The second kappa shape index (κ2) is 9.83. The van der Waals surface area contributed by atoms with E-state index in [0.29, 0.717) is 11.9 Å². The molecule has 0 amide bonds. The minimum Gasteiger partial charge on any atom is -0.357 e. The molecule has 5 nitrogen and oxygen atoms in total. The first-order chi connectivity index (χ1) is 10.2. The Bertz CT molecular complexity index is 584. The van der Waals surface area contributed by atoms with Gasteiger partial charge in [0.2, 0.25) is 0 Å². The summed E-state index contributed by atoms with van der Waals surface area (Å²) in [7, 11) is -3.14. The van der Waals surface area contributed by atoms with Gasteiger partial charge in [0.25, 0.3) is 0 Å². The van der Waals surface area contributed by atoms with Crippen LogP contribution in [-0.4, -0.2) is 45.0 Å². The number of guanidine groups is 1. The zero-order valence-corrected chi connectivity index (χ0v) is 18.4. The molecule has 23 heavy (non-hydrogen) atoms. The Morgan fingerprint density at radius 2 is 2.04 bits per heavy atom. The molecule has 0 radical (unpaired) electrons. The van der Waals surface area contributed by atoms with Gasteiger partial charge in [-0.3, -0.25) is 4.99 Å². The minimum atomic E-state index is -3.14. The van der Waals surface area contributed by atoms with Gasteiger partial charge in [-0.25, -0.2) is 8.42 Å². The van der Waals surface area contributed by atoms with Crippen molar-refractivity contribution in [3.63, 3.8) is 0 Å². The maximum Gasteiger partial charge on any atom is 0.191 e. The smallest absolute Gasteiger partial charge is 0.191 e. The molecular weight excluding hydrogens is 445 g/mol. The second-order valence-electron chi connectivity index (χ2n) is 6.02. The normalized spacial score (nSPS) is 14.0. The minimum absolute atomic E-state index is 0. The van der Waals surface area contributed by atoms with Gasteiger partial charge in [0.15, 0.2) is 15.8 Å². The maximum atomic E-state index is 11.7. The number of aliphatic imine (C=N–C) groups is 1. The average molecular weight is 473 g/mol. The lowest BCUT2D eigenvalue weighted by molar-refractivity contribution is 0.554. The molecule has 1 aromatic heterocycles. The number of rotatable bonds is 7. The lowest BCUT2D eigenvalue weighted by Crippen LogP contribution is -2.41. The van der Waals surface area contributed by atoms with Crippen molar-refractivity contribution >= 4 is 51.1 Å². The number of hydrogen-bond donors (Lipinski definition) is 2. The van der Waals surface area contributed by atoms with Crippen LogP contribution in [0, 0.1) is 0 Å². The Hall–Kier alpha value is -0.350. The van der Waals surface area contributed by atoms with Gasteiger partial charge in [-0.15, -0.1) is 35.3 Å². The van der Waals surface area contributed by atoms with Crippen molar-refractivity contribution in [2.75, 3.05) is 25.9 Å². The maximum absolute atomic E-state index is 11.7. The molecule has 0 saturated heterocycles. The van der Waals surface area contributed by atoms with E-state index in [1.807, 2.05) is 13.0 Å². The van der Waals surface area contributed by atoms with Crippen LogP contribution in [0.4, 0.5) is 0 Å². The average Bonchev–Trinajstić information content (AvgIpc) is 2.94. The number of thiophene rings is 1. The Morgan fingerprint density at radius 3 is 2.52 bits per heavy atom. The molecule has 0 aliphatic carbocycles. The van der Waals surface area contributed by atoms with Gasteiger partial charge < -0.3 is 10.6 Å². The van der Waals surface area contributed by atoms with Crippen molar-refractivity contribution in [2.24, 2.45) is 4.99 Å². The molecule has 8 heteroatoms. The molecule has 0 bridgehead atoms. The fraction of sp³-hybridized carbons (Fsp3) is 0.667. The molecule has 1 heterocycles. The number of nitrogens with one attached hydrogen (secondary N) is 2. The van der Waals surface area contributed by atoms with E-state index in [4.69, 9.17) is 0 Å². The quantitative estimate of drug-likeness (QED) is 0.363. The molecule has 0 saturated carbocycles. The molecule has 2 N–H and O–H groups in total. The topological polar surface area (TPSA) is 70.6 Å². The van der Waals surface area contributed by atoms with Gasteiger partial charge in [-0.2, -0.15) is 0 Å². The van der Waals surface area contributed by atoms with Gasteiger partial charge in [0.1, 0.15) is 0 Å². The van der Waals surface area contributed by atoms with Crippen molar-refractivity contribution in [3.8, 4) is 0 Å². The van der Waals surface area contributed by atoms with Crippen LogP contribution in [0.3, 0.4) is 0 Å².